The molecular weight excluding hydrogens is 360 g/mol. The standard InChI is InChI=1S/C19H22N6O3/c1-10(2)25-15(6-7-21-25)17-14(4-5-16(26)23-17)22-18(27)12-8-13-11(3)24-28-19(13)20-9-12/h6-10,14,17H,4-5H2,1-3H3,(H,22,27)(H,23,26)/t14-,17-/m1/s1. The van der Waals surface area contributed by atoms with Crippen molar-refractivity contribution < 1.29 is 14.1 Å². The fourth-order valence-corrected chi connectivity index (χ4v) is 3.56. The van der Waals surface area contributed by atoms with E-state index in [1.807, 2.05) is 24.6 Å². The highest BCUT2D eigenvalue weighted by Gasteiger charge is 2.33. The molecule has 0 radical (unpaired) electrons. The van der Waals surface area contributed by atoms with Gasteiger partial charge in [0, 0.05) is 24.9 Å². The SMILES string of the molecule is Cc1noc2ncc(C(=O)N[C@@H]3CCC(=O)N[C@H]3c3ccnn3C(C)C)cc12. The van der Waals surface area contributed by atoms with Gasteiger partial charge in [0.1, 0.15) is 0 Å². The van der Waals surface area contributed by atoms with Crippen molar-refractivity contribution in [3.63, 3.8) is 0 Å². The fourth-order valence-electron chi connectivity index (χ4n) is 3.56. The number of fused-ring (bicyclic) bond motifs is 1. The summed E-state index contributed by atoms with van der Waals surface area (Å²) in [6.45, 7) is 5.85. The molecule has 9 nitrogen and oxygen atoms in total. The van der Waals surface area contributed by atoms with Crippen LogP contribution in [0, 0.1) is 6.92 Å². The fraction of sp³-hybridized carbons (Fsp3) is 0.421. The number of hydrogen-bond donors (Lipinski definition) is 2. The number of pyridine rings is 1. The first-order valence-electron chi connectivity index (χ1n) is 9.29. The molecule has 4 heterocycles. The van der Waals surface area contributed by atoms with Crippen LogP contribution in [0.1, 0.15) is 60.5 Å². The largest absolute Gasteiger partial charge is 0.347 e. The second-order valence-electron chi connectivity index (χ2n) is 7.30. The van der Waals surface area contributed by atoms with Crippen molar-refractivity contribution in [3.05, 3.63) is 41.5 Å². The summed E-state index contributed by atoms with van der Waals surface area (Å²) < 4.78 is 6.96. The molecule has 3 aromatic rings. The number of carbonyl (C=O) groups is 2. The van der Waals surface area contributed by atoms with E-state index < -0.39 is 0 Å². The van der Waals surface area contributed by atoms with Crippen molar-refractivity contribution in [3.8, 4) is 0 Å². The van der Waals surface area contributed by atoms with Crippen molar-refractivity contribution in [1.29, 1.82) is 0 Å². The summed E-state index contributed by atoms with van der Waals surface area (Å²) in [7, 11) is 0. The summed E-state index contributed by atoms with van der Waals surface area (Å²) in [6.07, 6.45) is 4.09. The van der Waals surface area contributed by atoms with Crippen molar-refractivity contribution in [2.24, 2.45) is 0 Å². The molecule has 1 aliphatic heterocycles. The molecule has 9 heteroatoms. The van der Waals surface area contributed by atoms with Gasteiger partial charge >= 0.3 is 0 Å². The molecule has 146 valence electrons. The minimum Gasteiger partial charge on any atom is -0.347 e. The Hall–Kier alpha value is -3.23. The number of nitrogens with one attached hydrogen (secondary N) is 2. The van der Waals surface area contributed by atoms with Crippen molar-refractivity contribution in [2.45, 2.75) is 51.7 Å². The van der Waals surface area contributed by atoms with Crippen molar-refractivity contribution in [2.75, 3.05) is 0 Å². The Kier molecular flexibility index (Phi) is 4.58. The Morgan fingerprint density at radius 3 is 3.04 bits per heavy atom. The summed E-state index contributed by atoms with van der Waals surface area (Å²) in [6, 6.07) is 3.15. The van der Waals surface area contributed by atoms with Gasteiger partial charge < -0.3 is 15.2 Å². The molecule has 1 saturated heterocycles. The lowest BCUT2D eigenvalue weighted by Gasteiger charge is -2.33. The Bertz CT molecular complexity index is 1040. The normalized spacial score (nSPS) is 19.8. The average molecular weight is 382 g/mol. The first-order chi connectivity index (χ1) is 13.4. The Morgan fingerprint density at radius 2 is 2.25 bits per heavy atom. The summed E-state index contributed by atoms with van der Waals surface area (Å²) in [5.41, 5.74) is 2.38. The number of amides is 2. The maximum atomic E-state index is 12.9. The zero-order valence-corrected chi connectivity index (χ0v) is 16.0. The molecule has 0 spiro atoms. The minimum absolute atomic E-state index is 0.0322. The lowest BCUT2D eigenvalue weighted by Crippen LogP contribution is -2.50. The molecule has 28 heavy (non-hydrogen) atoms. The number of hydrogen-bond acceptors (Lipinski definition) is 6. The predicted molar refractivity (Wildman–Crippen MR) is 101 cm³/mol. The van der Waals surface area contributed by atoms with Crippen molar-refractivity contribution >= 4 is 22.9 Å². The van der Waals surface area contributed by atoms with E-state index in [1.165, 1.54) is 6.20 Å². The second kappa shape index (κ2) is 7.06. The van der Waals surface area contributed by atoms with Gasteiger partial charge in [0.15, 0.2) is 0 Å². The highest BCUT2D eigenvalue weighted by Crippen LogP contribution is 2.26. The van der Waals surface area contributed by atoms with Gasteiger partial charge in [-0.3, -0.25) is 14.3 Å². The maximum absolute atomic E-state index is 12.9. The third-order valence-electron chi connectivity index (χ3n) is 5.00. The topological polar surface area (TPSA) is 115 Å². The lowest BCUT2D eigenvalue weighted by atomic mass is 9.94. The van der Waals surface area contributed by atoms with E-state index in [9.17, 15) is 9.59 Å². The van der Waals surface area contributed by atoms with E-state index in [4.69, 9.17) is 4.52 Å². The summed E-state index contributed by atoms with van der Waals surface area (Å²) >= 11 is 0. The van der Waals surface area contributed by atoms with Gasteiger partial charge in [0.05, 0.1) is 34.4 Å². The number of aryl methyl sites for hydroxylation is 1. The first-order valence-corrected chi connectivity index (χ1v) is 9.29. The van der Waals surface area contributed by atoms with E-state index >= 15 is 0 Å². The van der Waals surface area contributed by atoms with Crippen molar-refractivity contribution in [1.82, 2.24) is 30.6 Å². The van der Waals surface area contributed by atoms with Crippen LogP contribution in [0.5, 0.6) is 0 Å². The van der Waals surface area contributed by atoms with Gasteiger partial charge in [-0.15, -0.1) is 0 Å². The van der Waals surface area contributed by atoms with Crippen LogP contribution in [0.15, 0.2) is 29.0 Å². The van der Waals surface area contributed by atoms with Gasteiger partial charge in [-0.2, -0.15) is 5.10 Å². The highest BCUT2D eigenvalue weighted by atomic mass is 16.5. The number of piperidine rings is 1. The van der Waals surface area contributed by atoms with Crippen LogP contribution in [0.2, 0.25) is 0 Å². The zero-order chi connectivity index (χ0) is 19.8. The Morgan fingerprint density at radius 1 is 1.43 bits per heavy atom. The van der Waals surface area contributed by atoms with Gasteiger partial charge in [0.2, 0.25) is 5.91 Å². The number of carbonyl (C=O) groups excluding carboxylic acids is 2. The maximum Gasteiger partial charge on any atom is 0.257 e. The molecule has 0 saturated carbocycles. The highest BCUT2D eigenvalue weighted by molar-refractivity contribution is 5.97. The lowest BCUT2D eigenvalue weighted by molar-refractivity contribution is -0.124. The molecule has 2 N–H and O–H groups in total. The number of rotatable bonds is 4. The Balaban J connectivity index is 1.60. The second-order valence-corrected chi connectivity index (χ2v) is 7.30. The van der Waals surface area contributed by atoms with Crippen LogP contribution in [0.3, 0.4) is 0 Å². The quantitative estimate of drug-likeness (QED) is 0.714. The molecule has 2 atom stereocenters. The molecule has 0 unspecified atom stereocenters. The van der Waals surface area contributed by atoms with E-state index in [1.54, 1.807) is 19.2 Å². The third kappa shape index (κ3) is 3.23. The zero-order valence-electron chi connectivity index (χ0n) is 16.0. The van der Waals surface area contributed by atoms with E-state index in [-0.39, 0.29) is 29.9 Å². The summed E-state index contributed by atoms with van der Waals surface area (Å²) in [5, 5.41) is 15.0. The molecule has 0 bridgehead atoms. The summed E-state index contributed by atoms with van der Waals surface area (Å²) in [5.74, 6) is -0.285. The Labute approximate surface area is 161 Å². The predicted octanol–water partition coefficient (Wildman–Crippen LogP) is 2.06. The van der Waals surface area contributed by atoms with Gasteiger partial charge in [0.25, 0.3) is 11.6 Å². The van der Waals surface area contributed by atoms with E-state index in [2.05, 4.69) is 25.9 Å². The molecule has 0 aromatic carbocycles. The molecule has 4 rings (SSSR count). The number of nitrogens with zero attached hydrogens (tertiary/aromatic N) is 4. The van der Waals surface area contributed by atoms with E-state index in [0.29, 0.717) is 35.2 Å². The molecule has 0 aliphatic carbocycles. The number of aromatic nitrogens is 4. The minimum atomic E-state index is -0.343. The average Bonchev–Trinajstić information content (AvgIpc) is 3.30. The molecule has 3 aromatic heterocycles. The van der Waals surface area contributed by atoms with Crippen LogP contribution < -0.4 is 10.6 Å². The molecule has 1 aliphatic rings. The molecule has 2 amide bonds. The monoisotopic (exact) mass is 382 g/mol. The van der Waals surface area contributed by atoms with Crippen LogP contribution in [0.25, 0.3) is 11.1 Å². The van der Waals surface area contributed by atoms with Crippen LogP contribution in [-0.4, -0.2) is 37.8 Å². The van der Waals surface area contributed by atoms with Crippen LogP contribution >= 0.6 is 0 Å². The molecule has 1 fully saturated rings. The molecular formula is C19H22N6O3. The summed E-state index contributed by atoms with van der Waals surface area (Å²) in [4.78, 5) is 29.1. The van der Waals surface area contributed by atoms with Gasteiger partial charge in [-0.05, 0) is 39.3 Å². The van der Waals surface area contributed by atoms with Crippen LogP contribution in [-0.2, 0) is 4.79 Å². The van der Waals surface area contributed by atoms with Gasteiger partial charge in [-0.1, -0.05) is 5.16 Å². The third-order valence-corrected chi connectivity index (χ3v) is 5.00. The first kappa shape index (κ1) is 18.1. The van der Waals surface area contributed by atoms with E-state index in [0.717, 1.165) is 5.69 Å². The smallest absolute Gasteiger partial charge is 0.257 e. The van der Waals surface area contributed by atoms with Gasteiger partial charge in [-0.25, -0.2) is 4.98 Å². The van der Waals surface area contributed by atoms with Crippen LogP contribution in [0.4, 0.5) is 0 Å².